The van der Waals surface area contributed by atoms with Crippen LogP contribution in [0.4, 0.5) is 5.69 Å². The molecule has 1 fully saturated rings. The second-order valence-electron chi connectivity index (χ2n) is 8.44. The minimum atomic E-state index is -0.522. The van der Waals surface area contributed by atoms with Gasteiger partial charge in [-0.15, -0.1) is 0 Å². The van der Waals surface area contributed by atoms with E-state index in [-0.39, 0.29) is 0 Å². The van der Waals surface area contributed by atoms with E-state index >= 15 is 0 Å². The highest BCUT2D eigenvalue weighted by atomic mass is 35.5. The van der Waals surface area contributed by atoms with Gasteiger partial charge in [-0.3, -0.25) is 4.79 Å². The van der Waals surface area contributed by atoms with Gasteiger partial charge >= 0.3 is 0 Å². The Morgan fingerprint density at radius 2 is 1.85 bits per heavy atom. The average Bonchev–Trinajstić information content (AvgIpc) is 3.16. The summed E-state index contributed by atoms with van der Waals surface area (Å²) < 4.78 is 10.7. The van der Waals surface area contributed by atoms with E-state index in [4.69, 9.17) is 32.9 Å². The van der Waals surface area contributed by atoms with Crippen LogP contribution in [-0.2, 0) is 4.79 Å². The molecule has 0 radical (unpaired) electrons. The van der Waals surface area contributed by atoms with Crippen molar-refractivity contribution in [3.8, 4) is 5.75 Å². The first-order valence-corrected chi connectivity index (χ1v) is 12.1. The van der Waals surface area contributed by atoms with E-state index in [1.807, 2.05) is 55.3 Å². The summed E-state index contributed by atoms with van der Waals surface area (Å²) in [5, 5.41) is 0.925. The molecule has 2 aliphatic heterocycles. The van der Waals surface area contributed by atoms with Gasteiger partial charge in [0, 0.05) is 44.1 Å². The highest BCUT2D eigenvalue weighted by Gasteiger charge is 2.47. The quantitative estimate of drug-likeness (QED) is 0.182. The number of para-hydroxylation sites is 1. The Morgan fingerprint density at radius 1 is 1.15 bits per heavy atom. The molecule has 0 unspecified atom stereocenters. The zero-order valence-electron chi connectivity index (χ0n) is 19.3. The van der Waals surface area contributed by atoms with Gasteiger partial charge in [-0.05, 0) is 50.9 Å². The van der Waals surface area contributed by atoms with Crippen LogP contribution in [0.25, 0.3) is 0 Å². The number of hydrogen-bond acceptors (Lipinski definition) is 6. The second kappa shape index (κ2) is 10.0. The van der Waals surface area contributed by atoms with Crippen LogP contribution >= 0.6 is 36.0 Å². The molecule has 2 aromatic rings. The van der Waals surface area contributed by atoms with Gasteiger partial charge in [0.15, 0.2) is 5.60 Å². The summed E-state index contributed by atoms with van der Waals surface area (Å²) >= 11 is 16.8. The van der Waals surface area contributed by atoms with Gasteiger partial charge in [-0.25, -0.2) is 9.39 Å². The molecule has 0 aromatic heterocycles. The standard InChI is InChI=1S/C25H26Cl2N4O2S/c1-16(15-32)24(28-17(2)30(3)20-9-6-8-19(26)22(20)27)31-13-11-25(12-14-31)23(29-34)18-7-4-5-10-21(18)33-25/h4-10,15,34H,11-14H2,1-3H3/b24-16+,28-17?,29-23+. The lowest BCUT2D eigenvalue weighted by Gasteiger charge is -2.40. The molecule has 0 amide bonds. The Bertz CT molecular complexity index is 1200. The van der Waals surface area contributed by atoms with Crippen molar-refractivity contribution in [2.45, 2.75) is 32.3 Å². The minimum Gasteiger partial charge on any atom is -0.480 e. The topological polar surface area (TPSA) is 57.5 Å². The van der Waals surface area contributed by atoms with E-state index in [0.717, 1.165) is 29.0 Å². The average molecular weight is 517 g/mol. The van der Waals surface area contributed by atoms with Gasteiger partial charge in [0.2, 0.25) is 0 Å². The predicted molar refractivity (Wildman–Crippen MR) is 143 cm³/mol. The number of anilines is 1. The maximum atomic E-state index is 11.7. The largest absolute Gasteiger partial charge is 0.480 e. The van der Waals surface area contributed by atoms with E-state index in [2.05, 4.69) is 22.1 Å². The summed E-state index contributed by atoms with van der Waals surface area (Å²) in [6.45, 7) is 4.96. The van der Waals surface area contributed by atoms with Crippen molar-refractivity contribution in [3.05, 3.63) is 69.5 Å². The maximum Gasteiger partial charge on any atom is 0.155 e. The molecule has 0 atom stereocenters. The van der Waals surface area contributed by atoms with E-state index < -0.39 is 5.60 Å². The van der Waals surface area contributed by atoms with Crippen molar-refractivity contribution in [2.75, 3.05) is 25.0 Å². The Balaban J connectivity index is 1.58. The number of nitrogens with zero attached hydrogens (tertiary/aromatic N) is 4. The summed E-state index contributed by atoms with van der Waals surface area (Å²) in [5.41, 5.74) is 2.62. The predicted octanol–water partition coefficient (Wildman–Crippen LogP) is 5.84. The number of allylic oxidation sites excluding steroid dienone is 1. The fourth-order valence-corrected chi connectivity index (χ4v) is 5.15. The number of benzene rings is 2. The molecular formula is C25H26Cl2N4O2S. The number of hydrogen-bond donors (Lipinski definition) is 1. The first kappa shape index (κ1) is 24.6. The highest BCUT2D eigenvalue weighted by Crippen LogP contribution is 2.42. The van der Waals surface area contributed by atoms with Crippen LogP contribution in [0.3, 0.4) is 0 Å². The van der Waals surface area contributed by atoms with Crippen LogP contribution in [0, 0.1) is 0 Å². The fourth-order valence-electron chi connectivity index (χ4n) is 4.43. The van der Waals surface area contributed by atoms with Crippen molar-refractivity contribution in [2.24, 2.45) is 9.39 Å². The van der Waals surface area contributed by atoms with Gasteiger partial charge in [0.1, 0.15) is 29.4 Å². The number of carbonyl (C=O) groups excluding carboxylic acids is 1. The Morgan fingerprint density at radius 3 is 2.53 bits per heavy atom. The molecule has 2 heterocycles. The van der Waals surface area contributed by atoms with Gasteiger partial charge in [-0.1, -0.05) is 41.4 Å². The minimum absolute atomic E-state index is 0.454. The summed E-state index contributed by atoms with van der Waals surface area (Å²) in [4.78, 5) is 20.6. The van der Waals surface area contributed by atoms with E-state index in [9.17, 15) is 4.79 Å². The van der Waals surface area contributed by atoms with Crippen LogP contribution in [0.15, 0.2) is 63.2 Å². The lowest BCUT2D eigenvalue weighted by Crippen LogP contribution is -2.50. The number of thiol groups is 1. The number of piperidine rings is 1. The molecule has 0 aliphatic carbocycles. The molecule has 1 spiro atoms. The smallest absolute Gasteiger partial charge is 0.155 e. The maximum absolute atomic E-state index is 11.7. The van der Waals surface area contributed by atoms with Crippen molar-refractivity contribution in [1.29, 1.82) is 0 Å². The van der Waals surface area contributed by atoms with E-state index in [1.54, 1.807) is 13.0 Å². The van der Waals surface area contributed by atoms with Gasteiger partial charge in [0.05, 0.1) is 15.7 Å². The Kier molecular flexibility index (Phi) is 7.26. The number of fused-ring (bicyclic) bond motifs is 1. The molecule has 4 rings (SSSR count). The number of rotatable bonds is 4. The third-order valence-corrected chi connectivity index (χ3v) is 7.43. The van der Waals surface area contributed by atoms with Gasteiger partial charge in [-0.2, -0.15) is 0 Å². The van der Waals surface area contributed by atoms with Crippen LogP contribution < -0.4 is 9.64 Å². The summed E-state index contributed by atoms with van der Waals surface area (Å²) in [6.07, 6.45) is 2.23. The van der Waals surface area contributed by atoms with E-state index in [0.29, 0.717) is 53.2 Å². The number of carbonyl (C=O) groups is 1. The number of halogens is 2. The fraction of sp³-hybridized carbons (Fsp3) is 0.320. The molecule has 2 aliphatic rings. The molecular weight excluding hydrogens is 491 g/mol. The van der Waals surface area contributed by atoms with E-state index in [1.165, 1.54) is 0 Å². The van der Waals surface area contributed by atoms with Crippen molar-refractivity contribution in [1.82, 2.24) is 4.90 Å². The Hall–Kier alpha value is -2.48. The van der Waals surface area contributed by atoms with Crippen LogP contribution in [0.5, 0.6) is 5.75 Å². The first-order valence-electron chi connectivity index (χ1n) is 11.0. The van der Waals surface area contributed by atoms with Crippen molar-refractivity contribution < 1.29 is 9.53 Å². The number of aliphatic imine (C=N–C) groups is 1. The molecule has 9 heteroatoms. The third-order valence-electron chi connectivity index (χ3n) is 6.42. The van der Waals surface area contributed by atoms with Gasteiger partial charge < -0.3 is 14.5 Å². The zero-order chi connectivity index (χ0) is 24.5. The lowest BCUT2D eigenvalue weighted by molar-refractivity contribution is -0.105. The molecule has 2 aromatic carbocycles. The molecule has 0 saturated carbocycles. The number of aldehydes is 1. The summed E-state index contributed by atoms with van der Waals surface area (Å²) in [6, 6.07) is 13.4. The molecule has 178 valence electrons. The Labute approximate surface area is 215 Å². The third kappa shape index (κ3) is 4.44. The SMILES string of the molecule is CC(=N/C(=C(/C)C=O)N1CCC2(CC1)Oc1ccccc1/C2=N\S)N(C)c1cccc(Cl)c1Cl. The molecule has 34 heavy (non-hydrogen) atoms. The number of likely N-dealkylation sites (tertiary alicyclic amines) is 1. The lowest BCUT2D eigenvalue weighted by atomic mass is 9.85. The highest BCUT2D eigenvalue weighted by molar-refractivity contribution is 7.79. The van der Waals surface area contributed by atoms with Crippen LogP contribution in [-0.4, -0.2) is 48.5 Å². The monoisotopic (exact) mass is 516 g/mol. The molecule has 1 saturated heterocycles. The van der Waals surface area contributed by atoms with Crippen LogP contribution in [0.2, 0.25) is 10.0 Å². The summed E-state index contributed by atoms with van der Waals surface area (Å²) in [7, 11) is 1.87. The normalized spacial score (nSPS) is 19.1. The molecule has 0 N–H and O–H groups in total. The first-order chi connectivity index (χ1) is 16.3. The second-order valence-corrected chi connectivity index (χ2v) is 9.43. The summed E-state index contributed by atoms with van der Waals surface area (Å²) in [5.74, 6) is 2.15. The van der Waals surface area contributed by atoms with Crippen molar-refractivity contribution in [3.63, 3.8) is 0 Å². The van der Waals surface area contributed by atoms with Crippen LogP contribution in [0.1, 0.15) is 32.3 Å². The van der Waals surface area contributed by atoms with Crippen molar-refractivity contribution >= 4 is 59.5 Å². The molecule has 6 nitrogen and oxygen atoms in total. The zero-order valence-corrected chi connectivity index (χ0v) is 21.7. The number of ether oxygens (including phenoxy) is 1. The van der Waals surface area contributed by atoms with Gasteiger partial charge in [0.25, 0.3) is 0 Å². The molecule has 0 bridgehead atoms. The number of amidine groups is 1.